The molecule has 0 atom stereocenters. The molecule has 0 saturated heterocycles. The number of hydrogen-bond acceptors (Lipinski definition) is 6. The summed E-state index contributed by atoms with van der Waals surface area (Å²) in [6, 6.07) is 19.6. The van der Waals surface area contributed by atoms with Crippen molar-refractivity contribution < 1.29 is 4.79 Å². The monoisotopic (exact) mass is 536 g/mol. The van der Waals surface area contributed by atoms with Crippen molar-refractivity contribution in [3.8, 4) is 11.4 Å². The van der Waals surface area contributed by atoms with Crippen LogP contribution in [-0.4, -0.2) is 39.3 Å². The minimum atomic E-state index is -0.169. The predicted octanol–water partition coefficient (Wildman–Crippen LogP) is 6.21. The molecule has 198 valence electrons. The van der Waals surface area contributed by atoms with Gasteiger partial charge in [-0.2, -0.15) is 0 Å². The zero-order valence-electron chi connectivity index (χ0n) is 22.2. The number of pyridine rings is 1. The molecule has 6 rings (SSSR count). The molecule has 1 fully saturated rings. The number of benzene rings is 2. The number of carbonyl (C=O) groups excluding carboxylic acids is 1. The molecule has 3 heterocycles. The van der Waals surface area contributed by atoms with Gasteiger partial charge in [0.1, 0.15) is 10.7 Å². The fraction of sp³-hybridized carbons (Fsp3) is 0.258. The van der Waals surface area contributed by atoms with Crippen LogP contribution in [0.5, 0.6) is 0 Å². The van der Waals surface area contributed by atoms with Crippen LogP contribution >= 0.6 is 11.3 Å². The lowest BCUT2D eigenvalue weighted by Crippen LogP contribution is -2.24. The summed E-state index contributed by atoms with van der Waals surface area (Å²) in [5.74, 6) is -0.169. The maximum absolute atomic E-state index is 12.9. The van der Waals surface area contributed by atoms with E-state index in [9.17, 15) is 4.79 Å². The lowest BCUT2D eigenvalue weighted by atomic mass is 9.79. The van der Waals surface area contributed by atoms with Crippen LogP contribution in [0.4, 0.5) is 11.4 Å². The molecule has 1 saturated carbocycles. The molecule has 0 unspecified atom stereocenters. The van der Waals surface area contributed by atoms with E-state index in [4.69, 9.17) is 10.7 Å². The number of carbonyl (C=O) groups is 1. The molecule has 3 N–H and O–H groups in total. The summed E-state index contributed by atoms with van der Waals surface area (Å²) in [5, 5.41) is 6.20. The van der Waals surface area contributed by atoms with Crippen molar-refractivity contribution >= 4 is 34.3 Å². The molecule has 0 bridgehead atoms. The van der Waals surface area contributed by atoms with Gasteiger partial charge in [0.05, 0.1) is 29.0 Å². The highest BCUT2D eigenvalue weighted by Crippen LogP contribution is 2.48. The summed E-state index contributed by atoms with van der Waals surface area (Å²) in [7, 11) is 4.14. The van der Waals surface area contributed by atoms with Crippen LogP contribution in [0, 0.1) is 0 Å². The molecule has 0 spiro atoms. The number of rotatable bonds is 7. The highest BCUT2D eigenvalue weighted by molar-refractivity contribution is 7.10. The van der Waals surface area contributed by atoms with Crippen molar-refractivity contribution in [2.45, 2.75) is 37.6 Å². The number of nitrogens with zero attached hydrogens (tertiary/aromatic N) is 4. The van der Waals surface area contributed by atoms with Gasteiger partial charge in [-0.05, 0) is 74.5 Å². The first kappa shape index (κ1) is 25.3. The number of thiazole rings is 1. The van der Waals surface area contributed by atoms with Crippen molar-refractivity contribution in [1.82, 2.24) is 19.3 Å². The lowest BCUT2D eigenvalue weighted by Gasteiger charge is -2.27. The zero-order valence-corrected chi connectivity index (χ0v) is 23.0. The molecule has 8 heteroatoms. The standard InChI is InChI=1S/C31H32N6OS/c1-36(2)19-21-13-16-37-27(18-33-28(37)17-21)26-20-39-30(35-26)31(14-5-6-15-31)23-11-9-22(10-12-23)29(38)34-25-8-4-3-7-24(25)32/h3-4,7-13,16-18,20H,5-6,14-15,19,32H2,1-2H3,(H,34,38). The molecular weight excluding hydrogens is 504 g/mol. The van der Waals surface area contributed by atoms with Gasteiger partial charge in [-0.1, -0.05) is 37.1 Å². The topological polar surface area (TPSA) is 88.5 Å². The quantitative estimate of drug-likeness (QED) is 0.241. The van der Waals surface area contributed by atoms with E-state index in [1.165, 1.54) is 11.1 Å². The van der Waals surface area contributed by atoms with E-state index in [2.05, 4.69) is 69.5 Å². The first-order valence-corrected chi connectivity index (χ1v) is 14.1. The van der Waals surface area contributed by atoms with E-state index in [0.29, 0.717) is 16.9 Å². The van der Waals surface area contributed by atoms with Crippen LogP contribution in [-0.2, 0) is 12.0 Å². The first-order chi connectivity index (χ1) is 18.9. The van der Waals surface area contributed by atoms with Crippen LogP contribution in [0.2, 0.25) is 0 Å². The van der Waals surface area contributed by atoms with Gasteiger partial charge in [0, 0.05) is 29.1 Å². The number of nitrogens with two attached hydrogens (primary N) is 1. The van der Waals surface area contributed by atoms with Gasteiger partial charge in [0.15, 0.2) is 0 Å². The number of para-hydroxylation sites is 2. The summed E-state index contributed by atoms with van der Waals surface area (Å²) >= 11 is 1.72. The highest BCUT2D eigenvalue weighted by atomic mass is 32.1. The second-order valence-corrected chi connectivity index (χ2v) is 11.4. The Morgan fingerprint density at radius 2 is 1.87 bits per heavy atom. The molecule has 1 aliphatic rings. The highest BCUT2D eigenvalue weighted by Gasteiger charge is 2.40. The number of fused-ring (bicyclic) bond motifs is 1. The van der Waals surface area contributed by atoms with Gasteiger partial charge >= 0.3 is 0 Å². The van der Waals surface area contributed by atoms with Gasteiger partial charge in [-0.15, -0.1) is 11.3 Å². The molecule has 7 nitrogen and oxygen atoms in total. The summed E-state index contributed by atoms with van der Waals surface area (Å²) in [6.07, 6.45) is 8.43. The first-order valence-electron chi connectivity index (χ1n) is 13.3. The fourth-order valence-corrected chi connectivity index (χ4v) is 6.73. The van der Waals surface area contributed by atoms with Gasteiger partial charge in [0.25, 0.3) is 5.91 Å². The van der Waals surface area contributed by atoms with E-state index in [-0.39, 0.29) is 11.3 Å². The summed E-state index contributed by atoms with van der Waals surface area (Å²) in [4.78, 5) is 24.9. The molecule has 1 aliphatic carbocycles. The maximum Gasteiger partial charge on any atom is 0.255 e. The normalized spacial score (nSPS) is 14.7. The number of nitrogen functional groups attached to an aromatic ring is 1. The van der Waals surface area contributed by atoms with Crippen LogP contribution < -0.4 is 11.1 Å². The summed E-state index contributed by atoms with van der Waals surface area (Å²) in [5.41, 5.74) is 13.0. The van der Waals surface area contributed by atoms with E-state index < -0.39 is 0 Å². The van der Waals surface area contributed by atoms with Crippen LogP contribution in [0.1, 0.15) is 52.2 Å². The third-order valence-electron chi connectivity index (χ3n) is 7.62. The molecule has 1 amide bonds. The summed E-state index contributed by atoms with van der Waals surface area (Å²) < 4.78 is 2.12. The number of aromatic nitrogens is 3. The van der Waals surface area contributed by atoms with Gasteiger partial charge < -0.3 is 16.0 Å². The van der Waals surface area contributed by atoms with E-state index in [0.717, 1.165) is 54.3 Å². The molecular formula is C31H32N6OS. The minimum absolute atomic E-state index is 0.138. The molecule has 0 aliphatic heterocycles. The number of hydrogen-bond donors (Lipinski definition) is 2. The SMILES string of the molecule is CN(C)Cc1ccn2c(-c3csc(C4(c5ccc(C(=O)Nc6ccccc6N)cc5)CCCC4)n3)cnc2c1. The van der Waals surface area contributed by atoms with Crippen LogP contribution in [0.25, 0.3) is 17.0 Å². The minimum Gasteiger partial charge on any atom is -0.397 e. The Labute approximate surface area is 232 Å². The number of nitrogens with one attached hydrogen (secondary N) is 1. The Bertz CT molecular complexity index is 1630. The van der Waals surface area contributed by atoms with E-state index in [1.807, 2.05) is 36.5 Å². The van der Waals surface area contributed by atoms with Crippen LogP contribution in [0.3, 0.4) is 0 Å². The third-order valence-corrected chi connectivity index (χ3v) is 8.66. The summed E-state index contributed by atoms with van der Waals surface area (Å²) in [6.45, 7) is 0.878. The average Bonchev–Trinajstić information content (AvgIpc) is 3.69. The smallest absolute Gasteiger partial charge is 0.255 e. The predicted molar refractivity (Wildman–Crippen MR) is 158 cm³/mol. The van der Waals surface area contributed by atoms with E-state index in [1.54, 1.807) is 17.4 Å². The number of amides is 1. The molecule has 2 aromatic carbocycles. The second kappa shape index (κ2) is 10.3. The Kier molecular flexibility index (Phi) is 6.66. The second-order valence-electron chi connectivity index (χ2n) is 10.6. The Morgan fingerprint density at radius 1 is 1.10 bits per heavy atom. The van der Waals surface area contributed by atoms with Crippen LogP contribution in [0.15, 0.2) is 78.4 Å². The largest absolute Gasteiger partial charge is 0.397 e. The number of imidazole rings is 1. The number of anilines is 2. The molecule has 5 aromatic rings. The molecule has 0 radical (unpaired) electrons. The van der Waals surface area contributed by atoms with Gasteiger partial charge in [0.2, 0.25) is 0 Å². The van der Waals surface area contributed by atoms with Crippen molar-refractivity contribution in [1.29, 1.82) is 0 Å². The third kappa shape index (κ3) is 4.82. The lowest BCUT2D eigenvalue weighted by molar-refractivity contribution is 0.102. The van der Waals surface area contributed by atoms with Gasteiger partial charge in [-0.3, -0.25) is 9.20 Å². The van der Waals surface area contributed by atoms with Crippen molar-refractivity contribution in [2.75, 3.05) is 25.1 Å². The van der Waals surface area contributed by atoms with Crippen molar-refractivity contribution in [3.63, 3.8) is 0 Å². The zero-order chi connectivity index (χ0) is 27.0. The average molecular weight is 537 g/mol. The maximum atomic E-state index is 12.9. The Morgan fingerprint density at radius 3 is 2.62 bits per heavy atom. The van der Waals surface area contributed by atoms with Gasteiger partial charge in [-0.25, -0.2) is 9.97 Å². The van der Waals surface area contributed by atoms with Crippen molar-refractivity contribution in [2.24, 2.45) is 0 Å². The van der Waals surface area contributed by atoms with Crippen molar-refractivity contribution in [3.05, 3.63) is 100 Å². The molecule has 3 aromatic heterocycles. The molecule has 39 heavy (non-hydrogen) atoms. The fourth-order valence-electron chi connectivity index (χ4n) is 5.64. The Balaban J connectivity index is 1.27. The van der Waals surface area contributed by atoms with E-state index >= 15 is 0 Å². The Hall–Kier alpha value is -4.01.